The van der Waals surface area contributed by atoms with Crippen molar-refractivity contribution < 1.29 is 0 Å². The molecule has 0 heterocycles. The molecule has 7 aromatic carbocycles. The van der Waals surface area contributed by atoms with Crippen molar-refractivity contribution in [1.82, 2.24) is 0 Å². The van der Waals surface area contributed by atoms with Crippen molar-refractivity contribution in [2.45, 2.75) is 19.6 Å². The summed E-state index contributed by atoms with van der Waals surface area (Å²) in [7, 11) is -1.28. The Bertz CT molecular complexity index is 2020. The van der Waals surface area contributed by atoms with Crippen molar-refractivity contribution in [2.24, 2.45) is 0 Å². The Morgan fingerprint density at radius 2 is 0.786 bits per heavy atom. The molecule has 0 nitrogen and oxygen atoms in total. The number of fused-ring (bicyclic) bond motifs is 2. The van der Waals surface area contributed by atoms with E-state index in [-0.39, 0.29) is 0 Å². The molecule has 0 N–H and O–H groups in total. The van der Waals surface area contributed by atoms with Crippen LogP contribution in [0.15, 0.2) is 152 Å². The highest BCUT2D eigenvalue weighted by Gasteiger charge is 2.15. The minimum atomic E-state index is -1.28. The summed E-state index contributed by atoms with van der Waals surface area (Å²) in [4.78, 5) is 0. The Labute approximate surface area is 249 Å². The minimum Gasteiger partial charge on any atom is -0.0656 e. The SMILES string of the molecule is C[Si](C)(C)c1ccc(-c2ccc(-c3ccc4ccc(-c5ccc(-c6cccc7ccccc67)cc5)cc4c3)cc2)cc1. The quantitative estimate of drug-likeness (QED) is 0.186. The van der Waals surface area contributed by atoms with E-state index in [0.717, 1.165) is 0 Å². The van der Waals surface area contributed by atoms with Gasteiger partial charge in [0, 0.05) is 0 Å². The lowest BCUT2D eigenvalue weighted by Crippen LogP contribution is -2.37. The first kappa shape index (κ1) is 26.2. The van der Waals surface area contributed by atoms with Crippen molar-refractivity contribution in [2.75, 3.05) is 0 Å². The van der Waals surface area contributed by atoms with E-state index >= 15 is 0 Å². The number of hydrogen-bond acceptors (Lipinski definition) is 0. The summed E-state index contributed by atoms with van der Waals surface area (Å²) in [5, 5.41) is 6.58. The van der Waals surface area contributed by atoms with Crippen LogP contribution in [0.4, 0.5) is 0 Å². The molecule has 0 radical (unpaired) electrons. The highest BCUT2D eigenvalue weighted by molar-refractivity contribution is 6.88. The topological polar surface area (TPSA) is 0 Å². The maximum Gasteiger partial charge on any atom is 0.0775 e. The van der Waals surface area contributed by atoms with Gasteiger partial charge in [-0.15, -0.1) is 0 Å². The largest absolute Gasteiger partial charge is 0.0775 e. The minimum absolute atomic E-state index is 1.23. The first-order valence-corrected chi connectivity index (χ1v) is 18.3. The molecule has 0 bridgehead atoms. The normalized spacial score (nSPS) is 11.7. The fourth-order valence-corrected chi connectivity index (χ4v) is 7.11. The number of rotatable bonds is 5. The fraction of sp³-hybridized carbons (Fsp3) is 0.0732. The predicted molar refractivity (Wildman–Crippen MR) is 186 cm³/mol. The van der Waals surface area contributed by atoms with E-state index in [4.69, 9.17) is 0 Å². The van der Waals surface area contributed by atoms with Crippen molar-refractivity contribution in [3.05, 3.63) is 152 Å². The zero-order valence-electron chi connectivity index (χ0n) is 24.4. The van der Waals surface area contributed by atoms with E-state index < -0.39 is 8.07 Å². The van der Waals surface area contributed by atoms with Gasteiger partial charge in [-0.3, -0.25) is 0 Å². The molecule has 0 aliphatic carbocycles. The lowest BCUT2D eigenvalue weighted by Gasteiger charge is -2.16. The van der Waals surface area contributed by atoms with Crippen LogP contribution in [0.2, 0.25) is 19.6 Å². The van der Waals surface area contributed by atoms with E-state index in [9.17, 15) is 0 Å². The van der Waals surface area contributed by atoms with Gasteiger partial charge in [0.2, 0.25) is 0 Å². The van der Waals surface area contributed by atoms with Crippen LogP contribution >= 0.6 is 0 Å². The number of hydrogen-bond donors (Lipinski definition) is 0. The van der Waals surface area contributed by atoms with Gasteiger partial charge in [-0.1, -0.05) is 164 Å². The molecule has 0 unspecified atom stereocenters. The molecule has 7 aromatic rings. The molecular weight excluding hydrogens is 521 g/mol. The lowest BCUT2D eigenvalue weighted by molar-refractivity contribution is 1.59. The van der Waals surface area contributed by atoms with Crippen molar-refractivity contribution in [3.63, 3.8) is 0 Å². The smallest absolute Gasteiger partial charge is 0.0656 e. The van der Waals surface area contributed by atoms with Gasteiger partial charge in [-0.05, 0) is 78.2 Å². The average Bonchev–Trinajstić information content (AvgIpc) is 3.04. The standard InChI is InChI=1S/C41H34Si/c1-42(2,3)39-25-23-30(24-26-39)29-11-13-31(14-12-29)36-21-17-33-18-22-37(28-38(33)27-36)32-15-19-35(20-16-32)41-10-6-8-34-7-4-5-9-40(34)41/h4-28H,1-3H3. The summed E-state index contributed by atoms with van der Waals surface area (Å²) in [6.07, 6.45) is 0. The second kappa shape index (κ2) is 10.6. The third kappa shape index (κ3) is 5.09. The molecule has 0 atom stereocenters. The molecule has 42 heavy (non-hydrogen) atoms. The van der Waals surface area contributed by atoms with Crippen LogP contribution in [0.5, 0.6) is 0 Å². The Morgan fingerprint density at radius 3 is 1.36 bits per heavy atom. The number of benzene rings is 7. The molecule has 1 heteroatoms. The first-order chi connectivity index (χ1) is 20.4. The zero-order valence-corrected chi connectivity index (χ0v) is 25.4. The second-order valence-corrected chi connectivity index (χ2v) is 17.4. The summed E-state index contributed by atoms with van der Waals surface area (Å²) in [5.74, 6) is 0. The third-order valence-corrected chi connectivity index (χ3v) is 10.5. The van der Waals surface area contributed by atoms with Crippen LogP contribution in [0.1, 0.15) is 0 Å². The van der Waals surface area contributed by atoms with Crippen molar-refractivity contribution >= 4 is 34.8 Å². The molecular formula is C41H34Si. The third-order valence-electron chi connectivity index (χ3n) is 8.46. The second-order valence-electron chi connectivity index (χ2n) is 12.3. The molecule has 0 aliphatic rings. The van der Waals surface area contributed by atoms with E-state index in [1.165, 1.54) is 71.2 Å². The van der Waals surface area contributed by atoms with Crippen LogP contribution < -0.4 is 5.19 Å². The van der Waals surface area contributed by atoms with Gasteiger partial charge in [-0.25, -0.2) is 0 Å². The molecule has 0 amide bonds. The van der Waals surface area contributed by atoms with Crippen LogP contribution in [0, 0.1) is 0 Å². The van der Waals surface area contributed by atoms with Crippen LogP contribution in [-0.2, 0) is 0 Å². The van der Waals surface area contributed by atoms with Crippen LogP contribution in [-0.4, -0.2) is 8.07 Å². The van der Waals surface area contributed by atoms with Crippen LogP contribution in [0.3, 0.4) is 0 Å². The Morgan fingerprint density at radius 1 is 0.333 bits per heavy atom. The summed E-state index contributed by atoms with van der Waals surface area (Å²) >= 11 is 0. The van der Waals surface area contributed by atoms with E-state index in [1.54, 1.807) is 0 Å². The molecule has 0 saturated carbocycles. The monoisotopic (exact) mass is 554 g/mol. The molecule has 0 fully saturated rings. The van der Waals surface area contributed by atoms with Crippen LogP contribution in [0.25, 0.3) is 66.1 Å². The van der Waals surface area contributed by atoms with Gasteiger partial charge in [0.1, 0.15) is 0 Å². The summed E-state index contributed by atoms with van der Waals surface area (Å²) in [5.41, 5.74) is 10.0. The summed E-state index contributed by atoms with van der Waals surface area (Å²) < 4.78 is 0. The highest BCUT2D eigenvalue weighted by Crippen LogP contribution is 2.33. The Hall–Kier alpha value is -4.72. The summed E-state index contributed by atoms with van der Waals surface area (Å²) in [6, 6.07) is 55.9. The van der Waals surface area contributed by atoms with E-state index in [0.29, 0.717) is 0 Å². The average molecular weight is 555 g/mol. The van der Waals surface area contributed by atoms with E-state index in [1.807, 2.05) is 0 Å². The maximum atomic E-state index is 2.40. The molecule has 0 saturated heterocycles. The molecule has 0 aliphatic heterocycles. The van der Waals surface area contributed by atoms with Gasteiger partial charge in [0.25, 0.3) is 0 Å². The Kier molecular flexibility index (Phi) is 6.61. The van der Waals surface area contributed by atoms with Gasteiger partial charge in [-0.2, -0.15) is 0 Å². The van der Waals surface area contributed by atoms with Gasteiger partial charge in [0.05, 0.1) is 8.07 Å². The molecule has 0 aromatic heterocycles. The Balaban J connectivity index is 1.16. The zero-order chi connectivity index (χ0) is 28.7. The van der Waals surface area contributed by atoms with Crippen molar-refractivity contribution in [1.29, 1.82) is 0 Å². The summed E-state index contributed by atoms with van der Waals surface area (Å²) in [6.45, 7) is 7.19. The molecule has 202 valence electrons. The molecule has 7 rings (SSSR count). The highest BCUT2D eigenvalue weighted by atomic mass is 28.3. The fourth-order valence-electron chi connectivity index (χ4n) is 5.94. The van der Waals surface area contributed by atoms with Crippen molar-refractivity contribution in [3.8, 4) is 44.5 Å². The predicted octanol–water partition coefficient (Wildman–Crippen LogP) is 11.2. The van der Waals surface area contributed by atoms with Gasteiger partial charge in [0.15, 0.2) is 0 Å². The van der Waals surface area contributed by atoms with Gasteiger partial charge < -0.3 is 0 Å². The lowest BCUT2D eigenvalue weighted by atomic mass is 9.94. The maximum absolute atomic E-state index is 2.40. The molecule has 0 spiro atoms. The van der Waals surface area contributed by atoms with E-state index in [2.05, 4.69) is 171 Å². The first-order valence-electron chi connectivity index (χ1n) is 14.8. The van der Waals surface area contributed by atoms with Gasteiger partial charge >= 0.3 is 0 Å².